The Hall–Kier alpha value is -0.210. The topological polar surface area (TPSA) is 65.1 Å². The molecule has 2 rings (SSSR count). The van der Waals surface area contributed by atoms with E-state index < -0.39 is 14.8 Å². The van der Waals surface area contributed by atoms with Crippen LogP contribution in [0, 0.1) is 0 Å². The molecule has 24 heavy (non-hydrogen) atoms. The predicted molar refractivity (Wildman–Crippen MR) is 93.4 cm³/mol. The van der Waals surface area contributed by atoms with Gasteiger partial charge in [-0.2, -0.15) is 4.31 Å². The van der Waals surface area contributed by atoms with E-state index in [4.69, 9.17) is 14.2 Å². The average molecular weight is 364 g/mol. The normalized spacial score (nSPS) is 31.5. The molecule has 7 heteroatoms. The molecule has 0 N–H and O–H groups in total. The summed E-state index contributed by atoms with van der Waals surface area (Å²) in [5.74, 6) is 0. The first-order chi connectivity index (χ1) is 11.2. The molecule has 2 fully saturated rings. The first kappa shape index (κ1) is 20.1. The molecule has 1 atom stereocenters. The molecule has 1 aliphatic heterocycles. The smallest absolute Gasteiger partial charge is 0.219 e. The van der Waals surface area contributed by atoms with Gasteiger partial charge in [-0.05, 0) is 46.5 Å². The van der Waals surface area contributed by atoms with E-state index in [-0.39, 0.29) is 24.5 Å². The van der Waals surface area contributed by atoms with Gasteiger partial charge >= 0.3 is 0 Å². The Morgan fingerprint density at radius 1 is 1.12 bits per heavy atom. The first-order valence-electron chi connectivity index (χ1n) is 8.91. The predicted octanol–water partition coefficient (Wildman–Crippen LogP) is 2.53. The lowest BCUT2D eigenvalue weighted by Gasteiger charge is -2.50. The molecule has 1 saturated heterocycles. The number of ether oxygens (including phenoxy) is 3. The Morgan fingerprint density at radius 3 is 2.29 bits per heavy atom. The van der Waals surface area contributed by atoms with Gasteiger partial charge in [-0.3, -0.25) is 0 Å². The van der Waals surface area contributed by atoms with Crippen molar-refractivity contribution in [1.29, 1.82) is 0 Å². The lowest BCUT2D eigenvalue weighted by Crippen LogP contribution is -2.60. The number of hydrogen-bond acceptors (Lipinski definition) is 5. The summed E-state index contributed by atoms with van der Waals surface area (Å²) in [7, 11) is -1.82. The van der Waals surface area contributed by atoms with Crippen molar-refractivity contribution in [3.63, 3.8) is 0 Å². The van der Waals surface area contributed by atoms with Crippen LogP contribution in [-0.2, 0) is 24.2 Å². The van der Waals surface area contributed by atoms with Gasteiger partial charge in [-0.15, -0.1) is 0 Å². The summed E-state index contributed by atoms with van der Waals surface area (Å²) >= 11 is 0. The maximum atomic E-state index is 13.0. The molecular formula is C17H33NO5S. The van der Waals surface area contributed by atoms with Crippen molar-refractivity contribution in [2.75, 3.05) is 27.1 Å². The molecule has 1 saturated carbocycles. The van der Waals surface area contributed by atoms with Gasteiger partial charge in [0.1, 0.15) is 6.79 Å². The summed E-state index contributed by atoms with van der Waals surface area (Å²) in [6, 6.07) is 0. The zero-order valence-corrected chi connectivity index (χ0v) is 16.5. The van der Waals surface area contributed by atoms with Crippen molar-refractivity contribution in [3.05, 3.63) is 0 Å². The maximum absolute atomic E-state index is 13.0. The van der Waals surface area contributed by atoms with E-state index in [2.05, 4.69) is 6.92 Å². The van der Waals surface area contributed by atoms with Gasteiger partial charge in [0.15, 0.2) is 0 Å². The van der Waals surface area contributed by atoms with Crippen LogP contribution in [0.15, 0.2) is 0 Å². The standard InChI is InChI=1S/C17H33NO5S/c1-6-7-8-22-14-9-17(10-14)11-15(23-13-21-5)12-18(17)24(19,20)16(2,3)4/h14-15H,6-13H2,1-5H3. The molecule has 0 aromatic heterocycles. The Balaban J connectivity index is 2.09. The first-order valence-corrected chi connectivity index (χ1v) is 10.3. The van der Waals surface area contributed by atoms with Crippen molar-refractivity contribution in [1.82, 2.24) is 4.31 Å². The number of sulfonamides is 1. The summed E-state index contributed by atoms with van der Waals surface area (Å²) in [5, 5.41) is 0. The van der Waals surface area contributed by atoms with Gasteiger partial charge in [0, 0.05) is 25.8 Å². The van der Waals surface area contributed by atoms with Crippen LogP contribution in [0.1, 0.15) is 59.8 Å². The Bertz CT molecular complexity index is 508. The largest absolute Gasteiger partial charge is 0.378 e. The molecule has 0 radical (unpaired) electrons. The monoisotopic (exact) mass is 363 g/mol. The van der Waals surface area contributed by atoms with Crippen molar-refractivity contribution in [3.8, 4) is 0 Å². The fourth-order valence-electron chi connectivity index (χ4n) is 3.60. The van der Waals surface area contributed by atoms with Crippen molar-refractivity contribution >= 4 is 10.0 Å². The van der Waals surface area contributed by atoms with Crippen LogP contribution in [-0.4, -0.2) is 62.3 Å². The SMILES string of the molecule is CCCCOC1CC2(CC(OCOC)CN2S(=O)(=O)C(C)(C)C)C1. The highest BCUT2D eigenvalue weighted by molar-refractivity contribution is 7.90. The van der Waals surface area contributed by atoms with Crippen molar-refractivity contribution in [2.45, 2.75) is 82.3 Å². The fraction of sp³-hybridized carbons (Fsp3) is 1.00. The second kappa shape index (κ2) is 7.58. The molecular weight excluding hydrogens is 330 g/mol. The van der Waals surface area contributed by atoms with Crippen LogP contribution in [0.25, 0.3) is 0 Å². The highest BCUT2D eigenvalue weighted by atomic mass is 32.2. The van der Waals surface area contributed by atoms with Crippen molar-refractivity contribution < 1.29 is 22.6 Å². The molecule has 6 nitrogen and oxygen atoms in total. The van der Waals surface area contributed by atoms with E-state index in [9.17, 15) is 8.42 Å². The lowest BCUT2D eigenvalue weighted by molar-refractivity contribution is -0.0843. The molecule has 142 valence electrons. The zero-order valence-electron chi connectivity index (χ0n) is 15.7. The number of nitrogens with zero attached hydrogens (tertiary/aromatic N) is 1. The van der Waals surface area contributed by atoms with E-state index >= 15 is 0 Å². The molecule has 1 unspecified atom stereocenters. The summed E-state index contributed by atoms with van der Waals surface area (Å²) < 4.78 is 43.5. The van der Waals surface area contributed by atoms with Gasteiger partial charge in [0.25, 0.3) is 0 Å². The summed E-state index contributed by atoms with van der Waals surface area (Å²) in [6.45, 7) is 8.77. The van der Waals surface area contributed by atoms with Crippen LogP contribution in [0.3, 0.4) is 0 Å². The number of rotatable bonds is 8. The van der Waals surface area contributed by atoms with Crippen molar-refractivity contribution in [2.24, 2.45) is 0 Å². The third-order valence-electron chi connectivity index (χ3n) is 5.06. The Labute approximate surface area is 146 Å². The lowest BCUT2D eigenvalue weighted by atomic mass is 9.73. The molecule has 0 bridgehead atoms. The summed E-state index contributed by atoms with van der Waals surface area (Å²) in [4.78, 5) is 0. The van der Waals surface area contributed by atoms with Crippen LogP contribution in [0.2, 0.25) is 0 Å². The van der Waals surface area contributed by atoms with Gasteiger partial charge in [-0.1, -0.05) is 13.3 Å². The average Bonchev–Trinajstić information content (AvgIpc) is 2.84. The van der Waals surface area contributed by atoms with E-state index in [1.807, 2.05) is 0 Å². The summed E-state index contributed by atoms with van der Waals surface area (Å²) in [5.41, 5.74) is -0.346. The van der Waals surface area contributed by atoms with E-state index in [1.165, 1.54) is 0 Å². The van der Waals surface area contributed by atoms with E-state index in [0.29, 0.717) is 6.54 Å². The van der Waals surface area contributed by atoms with E-state index in [1.54, 1.807) is 32.2 Å². The maximum Gasteiger partial charge on any atom is 0.219 e. The number of methoxy groups -OCH3 is 1. The number of hydrogen-bond donors (Lipinski definition) is 0. The van der Waals surface area contributed by atoms with Gasteiger partial charge in [0.2, 0.25) is 10.0 Å². The summed E-state index contributed by atoms with van der Waals surface area (Å²) in [6.07, 6.45) is 4.45. The molecule has 1 spiro atoms. The quantitative estimate of drug-likeness (QED) is 0.490. The second-order valence-electron chi connectivity index (χ2n) is 8.03. The number of unbranched alkanes of at least 4 members (excludes halogenated alkanes) is 1. The van der Waals surface area contributed by atoms with Gasteiger partial charge < -0.3 is 14.2 Å². The van der Waals surface area contributed by atoms with Gasteiger partial charge in [-0.25, -0.2) is 8.42 Å². The fourth-order valence-corrected chi connectivity index (χ4v) is 5.36. The third kappa shape index (κ3) is 3.96. The second-order valence-corrected chi connectivity index (χ2v) is 10.6. The van der Waals surface area contributed by atoms with Crippen LogP contribution in [0.5, 0.6) is 0 Å². The molecule has 0 aromatic rings. The van der Waals surface area contributed by atoms with E-state index in [0.717, 1.165) is 38.7 Å². The van der Waals surface area contributed by atoms with Crippen LogP contribution in [0.4, 0.5) is 0 Å². The van der Waals surface area contributed by atoms with Gasteiger partial charge in [0.05, 0.1) is 17.0 Å². The highest BCUT2D eigenvalue weighted by Gasteiger charge is 2.60. The van der Waals surface area contributed by atoms with Crippen LogP contribution >= 0.6 is 0 Å². The molecule has 1 aliphatic carbocycles. The Kier molecular flexibility index (Phi) is 6.35. The molecule has 0 aromatic carbocycles. The minimum absolute atomic E-state index is 0.112. The molecule has 0 amide bonds. The molecule has 2 aliphatic rings. The third-order valence-corrected chi connectivity index (χ3v) is 7.72. The minimum atomic E-state index is -3.39. The Morgan fingerprint density at radius 2 is 1.75 bits per heavy atom. The minimum Gasteiger partial charge on any atom is -0.378 e. The zero-order chi connectivity index (χ0) is 18.0. The molecule has 1 heterocycles. The highest BCUT2D eigenvalue weighted by Crippen LogP contribution is 2.50. The van der Waals surface area contributed by atoms with Crippen LogP contribution < -0.4 is 0 Å².